The van der Waals surface area contributed by atoms with E-state index in [0.717, 1.165) is 0 Å². The molecular weight excluding hydrogens is 378 g/mol. The zero-order chi connectivity index (χ0) is 20.8. The van der Waals surface area contributed by atoms with Crippen LogP contribution in [0.25, 0.3) is 11.0 Å². The van der Waals surface area contributed by atoms with Gasteiger partial charge in [0.1, 0.15) is 11.3 Å². The van der Waals surface area contributed by atoms with Crippen molar-refractivity contribution in [2.45, 2.75) is 6.92 Å². The van der Waals surface area contributed by atoms with Crippen molar-refractivity contribution in [3.8, 4) is 11.5 Å². The smallest absolute Gasteiger partial charge is 0.351 e. The van der Waals surface area contributed by atoms with E-state index in [1.165, 1.54) is 13.2 Å². The summed E-state index contributed by atoms with van der Waals surface area (Å²) >= 11 is 0. The minimum Gasteiger partial charge on any atom is -0.494 e. The number of hydrogen-bond donors (Lipinski definition) is 1. The van der Waals surface area contributed by atoms with E-state index in [2.05, 4.69) is 5.32 Å². The number of carbonyl (C=O) groups excluding carboxylic acids is 2. The van der Waals surface area contributed by atoms with Gasteiger partial charge in [-0.25, -0.2) is 9.59 Å². The van der Waals surface area contributed by atoms with Crippen molar-refractivity contribution in [3.63, 3.8) is 0 Å². The highest BCUT2D eigenvalue weighted by atomic mass is 16.5. The Morgan fingerprint density at radius 3 is 2.55 bits per heavy atom. The van der Waals surface area contributed by atoms with Gasteiger partial charge in [-0.3, -0.25) is 4.79 Å². The molecule has 1 N–H and O–H groups in total. The second-order valence-electron chi connectivity index (χ2n) is 5.91. The number of methoxy groups -OCH3 is 1. The van der Waals surface area contributed by atoms with Crippen LogP contribution in [0.3, 0.4) is 0 Å². The highest BCUT2D eigenvalue weighted by Gasteiger charge is 2.18. The normalized spacial score (nSPS) is 10.4. The molecule has 0 aliphatic carbocycles. The predicted molar refractivity (Wildman–Crippen MR) is 106 cm³/mol. The first-order valence-corrected chi connectivity index (χ1v) is 8.82. The van der Waals surface area contributed by atoms with Crippen molar-refractivity contribution in [2.75, 3.05) is 25.6 Å². The number of amides is 1. The molecule has 0 atom stereocenters. The molecule has 150 valence electrons. The number of carbonyl (C=O) groups is 2. The number of hydrogen-bond acceptors (Lipinski definition) is 7. The lowest BCUT2D eigenvalue weighted by atomic mass is 10.2. The van der Waals surface area contributed by atoms with Crippen LogP contribution in [-0.2, 0) is 9.53 Å². The summed E-state index contributed by atoms with van der Waals surface area (Å²) in [4.78, 5) is 36.4. The van der Waals surface area contributed by atoms with E-state index in [-0.39, 0.29) is 11.1 Å². The van der Waals surface area contributed by atoms with E-state index < -0.39 is 24.1 Å². The van der Waals surface area contributed by atoms with Gasteiger partial charge in [0.05, 0.1) is 13.7 Å². The highest BCUT2D eigenvalue weighted by molar-refractivity contribution is 5.97. The van der Waals surface area contributed by atoms with Crippen LogP contribution in [0.15, 0.2) is 57.7 Å². The van der Waals surface area contributed by atoms with Crippen LogP contribution in [-0.4, -0.2) is 32.2 Å². The Morgan fingerprint density at radius 1 is 1.10 bits per heavy atom. The molecule has 3 aromatic rings. The number of rotatable bonds is 7. The molecule has 3 rings (SSSR count). The van der Waals surface area contributed by atoms with Crippen molar-refractivity contribution in [2.24, 2.45) is 0 Å². The van der Waals surface area contributed by atoms with Crippen molar-refractivity contribution < 1.29 is 28.2 Å². The summed E-state index contributed by atoms with van der Waals surface area (Å²) < 4.78 is 20.6. The Morgan fingerprint density at radius 2 is 1.86 bits per heavy atom. The molecule has 0 spiro atoms. The van der Waals surface area contributed by atoms with Crippen LogP contribution >= 0.6 is 0 Å². The quantitative estimate of drug-likeness (QED) is 0.483. The molecule has 0 saturated heterocycles. The zero-order valence-electron chi connectivity index (χ0n) is 15.9. The van der Waals surface area contributed by atoms with Gasteiger partial charge < -0.3 is 23.9 Å². The number of ether oxygens (including phenoxy) is 3. The Kier molecular flexibility index (Phi) is 6.13. The molecule has 0 bridgehead atoms. The lowest BCUT2D eigenvalue weighted by molar-refractivity contribution is -0.119. The monoisotopic (exact) mass is 397 g/mol. The zero-order valence-corrected chi connectivity index (χ0v) is 15.9. The third kappa shape index (κ3) is 4.73. The maximum Gasteiger partial charge on any atom is 0.351 e. The molecule has 0 radical (unpaired) electrons. The fourth-order valence-electron chi connectivity index (χ4n) is 2.63. The van der Waals surface area contributed by atoms with Crippen LogP contribution < -0.4 is 20.4 Å². The molecule has 1 heterocycles. The molecule has 8 nitrogen and oxygen atoms in total. The van der Waals surface area contributed by atoms with Crippen molar-refractivity contribution in [3.05, 3.63) is 64.5 Å². The summed E-state index contributed by atoms with van der Waals surface area (Å²) in [6, 6.07) is 13.1. The number of benzene rings is 2. The number of nitrogens with one attached hydrogen (secondary N) is 1. The van der Waals surface area contributed by atoms with Crippen LogP contribution in [0.5, 0.6) is 11.5 Å². The Hall–Kier alpha value is -3.81. The molecule has 0 fully saturated rings. The maximum absolute atomic E-state index is 12.2. The van der Waals surface area contributed by atoms with Crippen molar-refractivity contribution in [1.29, 1.82) is 0 Å². The Balaban J connectivity index is 1.65. The van der Waals surface area contributed by atoms with E-state index in [1.807, 2.05) is 6.92 Å². The summed E-state index contributed by atoms with van der Waals surface area (Å²) in [7, 11) is 1.44. The fraction of sp³-hybridized carbons (Fsp3) is 0.190. The van der Waals surface area contributed by atoms with E-state index in [4.69, 9.17) is 18.6 Å². The second kappa shape index (κ2) is 8.92. The summed E-state index contributed by atoms with van der Waals surface area (Å²) in [6.45, 7) is 1.86. The average Bonchev–Trinajstić information content (AvgIpc) is 2.72. The van der Waals surface area contributed by atoms with Crippen LogP contribution in [0.1, 0.15) is 17.3 Å². The molecule has 0 unspecified atom stereocenters. The van der Waals surface area contributed by atoms with Crippen LogP contribution in [0, 0.1) is 0 Å². The van der Waals surface area contributed by atoms with E-state index in [1.54, 1.807) is 42.5 Å². The van der Waals surface area contributed by atoms with Gasteiger partial charge in [0.25, 0.3) is 5.91 Å². The van der Waals surface area contributed by atoms with Gasteiger partial charge in [-0.2, -0.15) is 0 Å². The predicted octanol–water partition coefficient (Wildman–Crippen LogP) is 3.00. The van der Waals surface area contributed by atoms with E-state index in [0.29, 0.717) is 29.2 Å². The first-order chi connectivity index (χ1) is 14.0. The number of esters is 1. The van der Waals surface area contributed by atoms with Crippen molar-refractivity contribution >= 4 is 28.5 Å². The highest BCUT2D eigenvalue weighted by Crippen LogP contribution is 2.24. The first kappa shape index (κ1) is 19.9. The van der Waals surface area contributed by atoms with E-state index >= 15 is 0 Å². The van der Waals surface area contributed by atoms with Gasteiger partial charge in [-0.15, -0.1) is 0 Å². The first-order valence-electron chi connectivity index (χ1n) is 8.82. The average molecular weight is 397 g/mol. The van der Waals surface area contributed by atoms with Crippen molar-refractivity contribution in [1.82, 2.24) is 0 Å². The van der Waals surface area contributed by atoms with Crippen LogP contribution in [0.2, 0.25) is 0 Å². The minimum absolute atomic E-state index is 0.227. The number of para-hydroxylation sites is 1. The van der Waals surface area contributed by atoms with Gasteiger partial charge in [0.2, 0.25) is 0 Å². The standard InChI is InChI=1S/C21H19NO7/c1-3-27-15-9-7-14(8-10-15)22-18(23)12-28-20(24)16-11-13-5-4-6-17(26-2)19(13)29-21(16)25/h4-11H,3,12H2,1-2H3,(H,22,23). The molecular formula is C21H19NO7. The van der Waals surface area contributed by atoms with Crippen LogP contribution in [0.4, 0.5) is 5.69 Å². The van der Waals surface area contributed by atoms with Gasteiger partial charge in [0.15, 0.2) is 17.9 Å². The number of fused-ring (bicyclic) bond motifs is 1. The molecule has 8 heteroatoms. The number of anilines is 1. The molecule has 29 heavy (non-hydrogen) atoms. The lowest BCUT2D eigenvalue weighted by Gasteiger charge is -2.08. The summed E-state index contributed by atoms with van der Waals surface area (Å²) in [5, 5.41) is 3.08. The molecule has 0 saturated carbocycles. The largest absolute Gasteiger partial charge is 0.494 e. The maximum atomic E-state index is 12.2. The molecule has 0 aliphatic heterocycles. The van der Waals surface area contributed by atoms with E-state index in [9.17, 15) is 14.4 Å². The summed E-state index contributed by atoms with van der Waals surface area (Å²) in [5.74, 6) is -0.453. The second-order valence-corrected chi connectivity index (χ2v) is 5.91. The SMILES string of the molecule is CCOc1ccc(NC(=O)COC(=O)c2cc3cccc(OC)c3oc2=O)cc1. The molecule has 0 aliphatic rings. The van der Waals surface area contributed by atoms with Gasteiger partial charge in [-0.05, 0) is 43.3 Å². The van der Waals surface area contributed by atoms with Gasteiger partial charge in [0, 0.05) is 11.1 Å². The van der Waals surface area contributed by atoms with Gasteiger partial charge >= 0.3 is 11.6 Å². The Bertz CT molecular complexity index is 1090. The summed E-state index contributed by atoms with van der Waals surface area (Å²) in [6.07, 6.45) is 0. The lowest BCUT2D eigenvalue weighted by Crippen LogP contribution is -2.23. The third-order valence-electron chi connectivity index (χ3n) is 3.95. The topological polar surface area (TPSA) is 104 Å². The minimum atomic E-state index is -0.953. The summed E-state index contributed by atoms with van der Waals surface area (Å²) in [5.41, 5.74) is -0.435. The third-order valence-corrected chi connectivity index (χ3v) is 3.95. The molecule has 2 aromatic carbocycles. The molecule has 1 aromatic heterocycles. The van der Waals surface area contributed by atoms with Gasteiger partial charge in [-0.1, -0.05) is 12.1 Å². The fourth-order valence-corrected chi connectivity index (χ4v) is 2.63. The Labute approximate surface area is 166 Å². The molecule has 1 amide bonds.